The highest BCUT2D eigenvalue weighted by molar-refractivity contribution is 4.95. The maximum atomic E-state index is 5.54. The fraction of sp³-hybridized carbons (Fsp3) is 1.00. The van der Waals surface area contributed by atoms with Gasteiger partial charge in [0.05, 0.1) is 18.3 Å². The van der Waals surface area contributed by atoms with Gasteiger partial charge in [0.25, 0.3) is 0 Å². The normalized spacial score (nSPS) is 41.2. The third-order valence-corrected chi connectivity index (χ3v) is 2.48. The molecule has 0 amide bonds. The van der Waals surface area contributed by atoms with E-state index in [1.54, 1.807) is 0 Å². The third kappa shape index (κ3) is 1.74. The molecular weight excluding hydrogens is 140 g/mol. The van der Waals surface area contributed by atoms with E-state index < -0.39 is 0 Å². The Labute approximate surface area is 67.9 Å². The molecular formula is C9H16O2. The molecule has 0 radical (unpaired) electrons. The van der Waals surface area contributed by atoms with Crippen LogP contribution in [0.5, 0.6) is 0 Å². The molecule has 11 heavy (non-hydrogen) atoms. The maximum absolute atomic E-state index is 5.54. The first kappa shape index (κ1) is 7.56. The fourth-order valence-corrected chi connectivity index (χ4v) is 1.81. The molecule has 0 aromatic rings. The quantitative estimate of drug-likeness (QED) is 0.579. The summed E-state index contributed by atoms with van der Waals surface area (Å²) >= 11 is 0. The Balaban J connectivity index is 1.64. The first-order chi connectivity index (χ1) is 5.25. The topological polar surface area (TPSA) is 21.8 Å². The number of hydrogen-bond donors (Lipinski definition) is 0. The van der Waals surface area contributed by atoms with Gasteiger partial charge in [0.1, 0.15) is 0 Å². The van der Waals surface area contributed by atoms with Crippen LogP contribution in [0.1, 0.15) is 26.7 Å². The molecule has 0 spiro atoms. The molecule has 2 heteroatoms. The van der Waals surface area contributed by atoms with Crippen LogP contribution in [0.3, 0.4) is 0 Å². The molecule has 0 bridgehead atoms. The van der Waals surface area contributed by atoms with Crippen LogP contribution < -0.4 is 0 Å². The van der Waals surface area contributed by atoms with Gasteiger partial charge in [-0.2, -0.15) is 0 Å². The van der Waals surface area contributed by atoms with Crippen molar-refractivity contribution in [3.8, 4) is 0 Å². The Morgan fingerprint density at radius 1 is 1.36 bits per heavy atom. The molecule has 2 fully saturated rings. The van der Waals surface area contributed by atoms with Crippen molar-refractivity contribution in [2.45, 2.75) is 45.0 Å². The molecule has 1 heterocycles. The summed E-state index contributed by atoms with van der Waals surface area (Å²) in [6, 6.07) is 0. The van der Waals surface area contributed by atoms with Crippen molar-refractivity contribution in [3.63, 3.8) is 0 Å². The van der Waals surface area contributed by atoms with Crippen molar-refractivity contribution in [1.82, 2.24) is 0 Å². The number of epoxide rings is 1. The summed E-state index contributed by atoms with van der Waals surface area (Å²) in [5.74, 6) is 0.779. The molecule has 2 aliphatic rings. The standard InChI is InChI=1S/C9H16O2/c1-6(2)10-5-7-3-8-9(4-7)11-8/h6-9H,3-5H2,1-2H3. The summed E-state index contributed by atoms with van der Waals surface area (Å²) in [5.41, 5.74) is 0. The van der Waals surface area contributed by atoms with E-state index >= 15 is 0 Å². The average molecular weight is 156 g/mol. The molecule has 0 aromatic carbocycles. The third-order valence-electron chi connectivity index (χ3n) is 2.48. The van der Waals surface area contributed by atoms with Gasteiger partial charge in [-0.15, -0.1) is 0 Å². The first-order valence-electron chi connectivity index (χ1n) is 4.53. The summed E-state index contributed by atoms with van der Waals surface area (Å²) in [6.45, 7) is 5.12. The lowest BCUT2D eigenvalue weighted by Gasteiger charge is -2.13. The minimum atomic E-state index is 0.382. The number of hydrogen-bond acceptors (Lipinski definition) is 2. The van der Waals surface area contributed by atoms with Crippen LogP contribution in [-0.2, 0) is 9.47 Å². The average Bonchev–Trinajstić information content (AvgIpc) is 2.56. The molecule has 1 saturated heterocycles. The maximum Gasteiger partial charge on any atom is 0.0845 e. The molecule has 2 rings (SSSR count). The van der Waals surface area contributed by atoms with Crippen molar-refractivity contribution < 1.29 is 9.47 Å². The van der Waals surface area contributed by atoms with Gasteiger partial charge in [-0.05, 0) is 32.6 Å². The second-order valence-electron chi connectivity index (χ2n) is 3.93. The van der Waals surface area contributed by atoms with Gasteiger partial charge in [0.2, 0.25) is 0 Å². The van der Waals surface area contributed by atoms with Crippen LogP contribution in [-0.4, -0.2) is 24.9 Å². The Hall–Kier alpha value is -0.0800. The summed E-state index contributed by atoms with van der Waals surface area (Å²) in [5, 5.41) is 0. The second-order valence-corrected chi connectivity index (χ2v) is 3.93. The highest BCUT2D eigenvalue weighted by Crippen LogP contribution is 2.42. The monoisotopic (exact) mass is 156 g/mol. The minimum Gasteiger partial charge on any atom is -0.379 e. The van der Waals surface area contributed by atoms with Gasteiger partial charge in [-0.3, -0.25) is 0 Å². The van der Waals surface area contributed by atoms with Crippen LogP contribution in [0, 0.1) is 5.92 Å². The van der Waals surface area contributed by atoms with Crippen molar-refractivity contribution in [1.29, 1.82) is 0 Å². The van der Waals surface area contributed by atoms with Crippen LogP contribution in [0.15, 0.2) is 0 Å². The predicted molar refractivity (Wildman–Crippen MR) is 42.5 cm³/mol. The van der Waals surface area contributed by atoms with E-state index in [0.29, 0.717) is 18.3 Å². The SMILES string of the molecule is CC(C)OCC1CC2OC2C1. The van der Waals surface area contributed by atoms with Crippen molar-refractivity contribution in [2.24, 2.45) is 5.92 Å². The van der Waals surface area contributed by atoms with Crippen molar-refractivity contribution in [2.75, 3.05) is 6.61 Å². The van der Waals surface area contributed by atoms with Crippen molar-refractivity contribution >= 4 is 0 Å². The van der Waals surface area contributed by atoms with Crippen LogP contribution in [0.4, 0.5) is 0 Å². The largest absolute Gasteiger partial charge is 0.379 e. The molecule has 1 aliphatic carbocycles. The molecule has 0 N–H and O–H groups in total. The molecule has 2 nitrogen and oxygen atoms in total. The van der Waals surface area contributed by atoms with Gasteiger partial charge in [0, 0.05) is 6.61 Å². The van der Waals surface area contributed by atoms with Crippen LogP contribution >= 0.6 is 0 Å². The number of fused-ring (bicyclic) bond motifs is 1. The fourth-order valence-electron chi connectivity index (χ4n) is 1.81. The Kier molecular flexibility index (Phi) is 1.90. The molecule has 2 atom stereocenters. The summed E-state index contributed by atoms with van der Waals surface area (Å²) < 4.78 is 10.9. The second kappa shape index (κ2) is 2.76. The highest BCUT2D eigenvalue weighted by atomic mass is 16.6. The Morgan fingerprint density at radius 2 is 2.00 bits per heavy atom. The molecule has 1 saturated carbocycles. The summed E-state index contributed by atoms with van der Waals surface area (Å²) in [6.07, 6.45) is 4.06. The lowest BCUT2D eigenvalue weighted by Crippen LogP contribution is -2.13. The summed E-state index contributed by atoms with van der Waals surface area (Å²) in [7, 11) is 0. The highest BCUT2D eigenvalue weighted by Gasteiger charge is 2.47. The molecule has 2 unspecified atom stereocenters. The molecule has 0 aromatic heterocycles. The minimum absolute atomic E-state index is 0.382. The van der Waals surface area contributed by atoms with Gasteiger partial charge in [0.15, 0.2) is 0 Å². The zero-order chi connectivity index (χ0) is 7.84. The molecule has 1 aliphatic heterocycles. The lowest BCUT2D eigenvalue weighted by atomic mass is 10.1. The number of ether oxygens (including phenoxy) is 2. The smallest absolute Gasteiger partial charge is 0.0845 e. The Morgan fingerprint density at radius 3 is 2.55 bits per heavy atom. The van der Waals surface area contributed by atoms with E-state index in [1.807, 2.05) is 0 Å². The zero-order valence-corrected chi connectivity index (χ0v) is 7.25. The first-order valence-corrected chi connectivity index (χ1v) is 4.53. The van der Waals surface area contributed by atoms with E-state index in [-0.39, 0.29) is 0 Å². The summed E-state index contributed by atoms with van der Waals surface area (Å²) in [4.78, 5) is 0. The van der Waals surface area contributed by atoms with Gasteiger partial charge in [-0.1, -0.05) is 0 Å². The lowest BCUT2D eigenvalue weighted by molar-refractivity contribution is 0.0431. The molecule has 64 valence electrons. The van der Waals surface area contributed by atoms with E-state index in [9.17, 15) is 0 Å². The van der Waals surface area contributed by atoms with E-state index in [1.165, 1.54) is 12.8 Å². The van der Waals surface area contributed by atoms with E-state index in [4.69, 9.17) is 9.47 Å². The van der Waals surface area contributed by atoms with Crippen LogP contribution in [0.25, 0.3) is 0 Å². The van der Waals surface area contributed by atoms with E-state index in [0.717, 1.165) is 12.5 Å². The van der Waals surface area contributed by atoms with Crippen molar-refractivity contribution in [3.05, 3.63) is 0 Å². The Bertz CT molecular complexity index is 134. The van der Waals surface area contributed by atoms with Gasteiger partial charge >= 0.3 is 0 Å². The van der Waals surface area contributed by atoms with E-state index in [2.05, 4.69) is 13.8 Å². The van der Waals surface area contributed by atoms with Crippen LogP contribution in [0.2, 0.25) is 0 Å². The van der Waals surface area contributed by atoms with Gasteiger partial charge < -0.3 is 9.47 Å². The number of rotatable bonds is 3. The predicted octanol–water partition coefficient (Wildman–Crippen LogP) is 1.59. The zero-order valence-electron chi connectivity index (χ0n) is 7.25. The van der Waals surface area contributed by atoms with Gasteiger partial charge in [-0.25, -0.2) is 0 Å².